The van der Waals surface area contributed by atoms with Crippen molar-refractivity contribution in [1.82, 2.24) is 15.6 Å². The number of amides is 1. The first-order valence-electron chi connectivity index (χ1n) is 7.25. The Morgan fingerprint density at radius 1 is 1.52 bits per heavy atom. The molecule has 0 saturated carbocycles. The molecule has 1 aliphatic heterocycles. The van der Waals surface area contributed by atoms with Crippen molar-refractivity contribution in [2.75, 3.05) is 13.1 Å². The quantitative estimate of drug-likeness (QED) is 0.911. The lowest BCUT2D eigenvalue weighted by atomic mass is 9.95. The third-order valence-corrected chi connectivity index (χ3v) is 4.83. The maximum atomic E-state index is 12.4. The smallest absolute Gasteiger partial charge is 0.251 e. The summed E-state index contributed by atoms with van der Waals surface area (Å²) in [5, 5.41) is 9.41. The molecule has 2 aromatic rings. The molecular weight excluding hydrogens is 282 g/mol. The highest BCUT2D eigenvalue weighted by atomic mass is 32.1. The molecule has 2 N–H and O–H groups in total. The Morgan fingerprint density at radius 2 is 2.43 bits per heavy atom. The molecule has 0 fully saturated rings. The van der Waals surface area contributed by atoms with Crippen LogP contribution in [0.3, 0.4) is 0 Å². The summed E-state index contributed by atoms with van der Waals surface area (Å²) in [5.41, 5.74) is 3.25. The molecule has 1 unspecified atom stereocenters. The van der Waals surface area contributed by atoms with Crippen molar-refractivity contribution < 1.29 is 4.79 Å². The van der Waals surface area contributed by atoms with Gasteiger partial charge in [-0.2, -0.15) is 0 Å². The highest BCUT2D eigenvalue weighted by Crippen LogP contribution is 2.20. The molecule has 0 spiro atoms. The number of benzene rings is 1. The lowest BCUT2D eigenvalue weighted by Gasteiger charge is -2.20. The molecule has 3 rings (SSSR count). The van der Waals surface area contributed by atoms with E-state index in [1.54, 1.807) is 17.5 Å². The Labute approximate surface area is 128 Å². The van der Waals surface area contributed by atoms with Crippen LogP contribution >= 0.6 is 11.3 Å². The monoisotopic (exact) mass is 301 g/mol. The van der Waals surface area contributed by atoms with E-state index in [-0.39, 0.29) is 11.8 Å². The average Bonchev–Trinajstić information content (AvgIpc) is 3.06. The van der Waals surface area contributed by atoms with E-state index >= 15 is 0 Å². The Morgan fingerprint density at radius 3 is 3.24 bits per heavy atom. The van der Waals surface area contributed by atoms with E-state index in [0.717, 1.165) is 30.1 Å². The average molecular weight is 301 g/mol. The van der Waals surface area contributed by atoms with E-state index in [1.807, 2.05) is 17.5 Å². The SMILES string of the molecule is CC(CNC(=O)c1cccc2c1CCNC2)c1nccs1. The minimum atomic E-state index is 0.0251. The number of carbonyl (C=O) groups is 1. The zero-order valence-corrected chi connectivity index (χ0v) is 12.9. The first-order chi connectivity index (χ1) is 10.3. The Balaban J connectivity index is 1.68. The Kier molecular flexibility index (Phi) is 4.31. The zero-order chi connectivity index (χ0) is 14.7. The van der Waals surface area contributed by atoms with Gasteiger partial charge in [0.25, 0.3) is 5.91 Å². The van der Waals surface area contributed by atoms with Gasteiger partial charge in [-0.1, -0.05) is 19.1 Å². The van der Waals surface area contributed by atoms with Crippen molar-refractivity contribution in [3.05, 3.63) is 51.5 Å². The molecule has 5 heteroatoms. The first-order valence-corrected chi connectivity index (χ1v) is 8.12. The number of rotatable bonds is 4. The van der Waals surface area contributed by atoms with Crippen LogP contribution in [0, 0.1) is 0 Å². The van der Waals surface area contributed by atoms with Crippen molar-refractivity contribution in [3.63, 3.8) is 0 Å². The minimum Gasteiger partial charge on any atom is -0.351 e. The van der Waals surface area contributed by atoms with Gasteiger partial charge in [-0.15, -0.1) is 11.3 Å². The molecule has 21 heavy (non-hydrogen) atoms. The molecule has 1 aromatic heterocycles. The number of carbonyl (C=O) groups excluding carboxylic acids is 1. The van der Waals surface area contributed by atoms with E-state index in [0.29, 0.717) is 6.54 Å². The van der Waals surface area contributed by atoms with E-state index in [4.69, 9.17) is 0 Å². The summed E-state index contributed by atoms with van der Waals surface area (Å²) in [7, 11) is 0. The van der Waals surface area contributed by atoms with Gasteiger partial charge < -0.3 is 10.6 Å². The first kappa shape index (κ1) is 14.2. The van der Waals surface area contributed by atoms with Crippen LogP contribution in [0.1, 0.15) is 39.3 Å². The number of fused-ring (bicyclic) bond motifs is 1. The third kappa shape index (κ3) is 3.14. The van der Waals surface area contributed by atoms with Crippen molar-refractivity contribution in [2.24, 2.45) is 0 Å². The van der Waals surface area contributed by atoms with Crippen LogP contribution in [0.4, 0.5) is 0 Å². The largest absolute Gasteiger partial charge is 0.351 e. The topological polar surface area (TPSA) is 54.0 Å². The van der Waals surface area contributed by atoms with Gasteiger partial charge >= 0.3 is 0 Å². The summed E-state index contributed by atoms with van der Waals surface area (Å²) < 4.78 is 0. The maximum absolute atomic E-state index is 12.4. The van der Waals surface area contributed by atoms with Crippen molar-refractivity contribution in [2.45, 2.75) is 25.8 Å². The van der Waals surface area contributed by atoms with Gasteiger partial charge in [-0.3, -0.25) is 4.79 Å². The summed E-state index contributed by atoms with van der Waals surface area (Å²) in [6.07, 6.45) is 2.72. The van der Waals surface area contributed by atoms with Crippen LogP contribution in [0.15, 0.2) is 29.8 Å². The molecular formula is C16H19N3OS. The van der Waals surface area contributed by atoms with Gasteiger partial charge in [0.2, 0.25) is 0 Å². The molecule has 1 aromatic carbocycles. The van der Waals surface area contributed by atoms with Crippen LogP contribution in [-0.4, -0.2) is 24.0 Å². The molecule has 0 saturated heterocycles. The molecule has 1 atom stereocenters. The number of nitrogens with zero attached hydrogens (tertiary/aromatic N) is 1. The van der Waals surface area contributed by atoms with Gasteiger partial charge in [0, 0.05) is 36.1 Å². The molecule has 110 valence electrons. The predicted molar refractivity (Wildman–Crippen MR) is 84.7 cm³/mol. The minimum absolute atomic E-state index is 0.0251. The summed E-state index contributed by atoms with van der Waals surface area (Å²) in [6, 6.07) is 5.98. The van der Waals surface area contributed by atoms with Crippen molar-refractivity contribution >= 4 is 17.2 Å². The Hall–Kier alpha value is -1.72. The number of thiazole rings is 1. The molecule has 1 aliphatic rings. The highest BCUT2D eigenvalue weighted by Gasteiger charge is 2.18. The van der Waals surface area contributed by atoms with Crippen molar-refractivity contribution in [1.29, 1.82) is 0 Å². The normalized spacial score (nSPS) is 15.3. The van der Waals surface area contributed by atoms with Gasteiger partial charge in [0.1, 0.15) is 0 Å². The summed E-state index contributed by atoms with van der Waals surface area (Å²) in [4.78, 5) is 16.7. The maximum Gasteiger partial charge on any atom is 0.251 e. The lowest BCUT2D eigenvalue weighted by Crippen LogP contribution is -2.31. The van der Waals surface area contributed by atoms with E-state index in [1.165, 1.54) is 11.1 Å². The van der Waals surface area contributed by atoms with Crippen LogP contribution < -0.4 is 10.6 Å². The summed E-state index contributed by atoms with van der Waals surface area (Å²) in [6.45, 7) is 4.50. The van der Waals surface area contributed by atoms with Crippen LogP contribution in [0.25, 0.3) is 0 Å². The fourth-order valence-corrected chi connectivity index (χ4v) is 3.35. The van der Waals surface area contributed by atoms with Gasteiger partial charge in [-0.05, 0) is 30.2 Å². The van der Waals surface area contributed by atoms with Crippen LogP contribution in [0.2, 0.25) is 0 Å². The molecule has 2 heterocycles. The Bertz CT molecular complexity index is 624. The van der Waals surface area contributed by atoms with Crippen LogP contribution in [-0.2, 0) is 13.0 Å². The zero-order valence-electron chi connectivity index (χ0n) is 12.1. The van der Waals surface area contributed by atoms with Crippen LogP contribution in [0.5, 0.6) is 0 Å². The second kappa shape index (κ2) is 6.37. The van der Waals surface area contributed by atoms with E-state index in [9.17, 15) is 4.79 Å². The highest BCUT2D eigenvalue weighted by molar-refractivity contribution is 7.09. The second-order valence-corrected chi connectivity index (χ2v) is 6.28. The predicted octanol–water partition coefficient (Wildman–Crippen LogP) is 2.32. The van der Waals surface area contributed by atoms with Gasteiger partial charge in [-0.25, -0.2) is 4.98 Å². The summed E-state index contributed by atoms with van der Waals surface area (Å²) in [5.74, 6) is 0.271. The molecule has 0 bridgehead atoms. The molecule has 0 aliphatic carbocycles. The number of nitrogens with one attached hydrogen (secondary N) is 2. The third-order valence-electron chi connectivity index (χ3n) is 3.83. The molecule has 1 amide bonds. The number of hydrogen-bond donors (Lipinski definition) is 2. The van der Waals surface area contributed by atoms with E-state index < -0.39 is 0 Å². The number of hydrogen-bond acceptors (Lipinski definition) is 4. The van der Waals surface area contributed by atoms with Gasteiger partial charge in [0.15, 0.2) is 0 Å². The summed E-state index contributed by atoms with van der Waals surface area (Å²) >= 11 is 1.63. The molecule has 4 nitrogen and oxygen atoms in total. The molecule has 0 radical (unpaired) electrons. The fourth-order valence-electron chi connectivity index (χ4n) is 2.65. The standard InChI is InChI=1S/C16H19N3OS/c1-11(16-18-7-8-21-16)9-19-15(20)14-4-2-3-12-10-17-6-5-13(12)14/h2-4,7-8,11,17H,5-6,9-10H2,1H3,(H,19,20). The lowest BCUT2D eigenvalue weighted by molar-refractivity contribution is 0.0950. The second-order valence-electron chi connectivity index (χ2n) is 5.35. The van der Waals surface area contributed by atoms with Gasteiger partial charge in [0.05, 0.1) is 5.01 Å². The van der Waals surface area contributed by atoms with E-state index in [2.05, 4.69) is 28.6 Å². The fraction of sp³-hybridized carbons (Fsp3) is 0.375. The number of aromatic nitrogens is 1. The van der Waals surface area contributed by atoms with Crippen molar-refractivity contribution in [3.8, 4) is 0 Å².